The van der Waals surface area contributed by atoms with E-state index in [1.807, 2.05) is 37.3 Å². The summed E-state index contributed by atoms with van der Waals surface area (Å²) in [6, 6.07) is 9.27. The van der Waals surface area contributed by atoms with Gasteiger partial charge in [-0.15, -0.1) is 0 Å². The van der Waals surface area contributed by atoms with Gasteiger partial charge >= 0.3 is 0 Å². The van der Waals surface area contributed by atoms with Gasteiger partial charge in [0.1, 0.15) is 0 Å². The Morgan fingerprint density at radius 3 is 2.75 bits per heavy atom. The molecule has 0 radical (unpaired) electrons. The molecule has 20 heavy (non-hydrogen) atoms. The molecule has 1 aromatic heterocycles. The topological polar surface area (TPSA) is 67.2 Å². The predicted octanol–water partition coefficient (Wildman–Crippen LogP) is 1.45. The van der Waals surface area contributed by atoms with E-state index in [4.69, 9.17) is 0 Å². The average Bonchev–Trinajstić information content (AvgIpc) is 2.86. The zero-order valence-electron chi connectivity index (χ0n) is 11.7. The maximum Gasteiger partial charge on any atom is 0.254 e. The number of benzene rings is 1. The van der Waals surface area contributed by atoms with Crippen LogP contribution in [-0.4, -0.2) is 27.3 Å². The van der Waals surface area contributed by atoms with Crippen molar-refractivity contribution in [2.45, 2.75) is 19.4 Å². The fourth-order valence-corrected chi connectivity index (χ4v) is 2.06. The van der Waals surface area contributed by atoms with Crippen LogP contribution in [0.2, 0.25) is 0 Å². The van der Waals surface area contributed by atoms with Gasteiger partial charge in [0, 0.05) is 19.8 Å². The van der Waals surface area contributed by atoms with Crippen molar-refractivity contribution in [1.29, 1.82) is 0 Å². The lowest BCUT2D eigenvalue weighted by atomic mass is 10.1. The molecule has 106 valence electrons. The summed E-state index contributed by atoms with van der Waals surface area (Å²) in [5, 5.41) is 17.0. The van der Waals surface area contributed by atoms with Crippen molar-refractivity contribution in [1.82, 2.24) is 15.1 Å². The summed E-state index contributed by atoms with van der Waals surface area (Å²) >= 11 is 0. The lowest BCUT2D eigenvalue weighted by Gasteiger charge is -2.12. The molecule has 0 bridgehead atoms. The van der Waals surface area contributed by atoms with E-state index in [0.717, 1.165) is 11.3 Å². The van der Waals surface area contributed by atoms with Crippen molar-refractivity contribution in [3.8, 4) is 0 Å². The first-order valence-corrected chi connectivity index (χ1v) is 6.65. The predicted molar refractivity (Wildman–Crippen MR) is 76.3 cm³/mol. The Labute approximate surface area is 118 Å². The van der Waals surface area contributed by atoms with Crippen LogP contribution in [0.15, 0.2) is 36.5 Å². The molecule has 0 spiro atoms. The standard InChI is InChI=1S/C15H19N3O2/c1-3-13-12(10-18(2)17-13)15(20)16-9-14(19)11-7-5-4-6-8-11/h4-8,10,14,19H,3,9H2,1-2H3,(H,16,20). The Bertz CT molecular complexity index is 578. The van der Waals surface area contributed by atoms with E-state index in [9.17, 15) is 9.90 Å². The van der Waals surface area contributed by atoms with Gasteiger partial charge in [0.15, 0.2) is 0 Å². The maximum absolute atomic E-state index is 12.1. The maximum atomic E-state index is 12.1. The third-order valence-electron chi connectivity index (χ3n) is 3.13. The molecule has 0 aliphatic heterocycles. The highest BCUT2D eigenvalue weighted by atomic mass is 16.3. The first kappa shape index (κ1) is 14.3. The molecule has 1 atom stereocenters. The molecule has 0 fully saturated rings. The highest BCUT2D eigenvalue weighted by molar-refractivity contribution is 5.95. The summed E-state index contributed by atoms with van der Waals surface area (Å²) in [6.07, 6.45) is 1.69. The molecule has 1 unspecified atom stereocenters. The Kier molecular flexibility index (Phi) is 4.53. The molecule has 0 saturated heterocycles. The number of amides is 1. The number of carbonyl (C=O) groups excluding carboxylic acids is 1. The van der Waals surface area contributed by atoms with Crippen molar-refractivity contribution in [3.05, 3.63) is 53.3 Å². The van der Waals surface area contributed by atoms with Gasteiger partial charge in [-0.1, -0.05) is 37.3 Å². The van der Waals surface area contributed by atoms with E-state index >= 15 is 0 Å². The summed E-state index contributed by atoms with van der Waals surface area (Å²) < 4.78 is 1.63. The minimum absolute atomic E-state index is 0.181. The number of aromatic nitrogens is 2. The van der Waals surface area contributed by atoms with Gasteiger partial charge in [0.05, 0.1) is 17.4 Å². The van der Waals surface area contributed by atoms with E-state index in [0.29, 0.717) is 12.0 Å². The van der Waals surface area contributed by atoms with Crippen molar-refractivity contribution in [2.75, 3.05) is 6.54 Å². The first-order chi connectivity index (χ1) is 9.61. The molecule has 5 heteroatoms. The van der Waals surface area contributed by atoms with Crippen molar-refractivity contribution < 1.29 is 9.90 Å². The van der Waals surface area contributed by atoms with Gasteiger partial charge in [-0.25, -0.2) is 0 Å². The Hall–Kier alpha value is -2.14. The van der Waals surface area contributed by atoms with Crippen molar-refractivity contribution in [3.63, 3.8) is 0 Å². The van der Waals surface area contributed by atoms with Crippen LogP contribution in [0.4, 0.5) is 0 Å². The average molecular weight is 273 g/mol. The van der Waals surface area contributed by atoms with Crippen LogP contribution >= 0.6 is 0 Å². The largest absolute Gasteiger partial charge is 0.387 e. The third-order valence-corrected chi connectivity index (χ3v) is 3.13. The second-order valence-electron chi connectivity index (χ2n) is 4.65. The zero-order valence-corrected chi connectivity index (χ0v) is 11.7. The van der Waals surface area contributed by atoms with E-state index in [1.165, 1.54) is 0 Å². The second-order valence-corrected chi connectivity index (χ2v) is 4.65. The fourth-order valence-electron chi connectivity index (χ4n) is 2.06. The van der Waals surface area contributed by atoms with Crippen molar-refractivity contribution >= 4 is 5.91 Å². The smallest absolute Gasteiger partial charge is 0.254 e. The number of carbonyl (C=O) groups is 1. The molecule has 1 aromatic carbocycles. The summed E-state index contributed by atoms with van der Waals surface area (Å²) in [4.78, 5) is 12.1. The van der Waals surface area contributed by atoms with Gasteiger partial charge < -0.3 is 10.4 Å². The molecular weight excluding hydrogens is 254 g/mol. The fraction of sp³-hybridized carbons (Fsp3) is 0.333. The number of aliphatic hydroxyl groups excluding tert-OH is 1. The zero-order chi connectivity index (χ0) is 14.5. The molecule has 1 amide bonds. The van der Waals surface area contributed by atoms with Crippen LogP contribution in [0.3, 0.4) is 0 Å². The molecule has 2 rings (SSSR count). The van der Waals surface area contributed by atoms with Gasteiger partial charge in [-0.2, -0.15) is 5.10 Å². The van der Waals surface area contributed by atoms with E-state index in [1.54, 1.807) is 17.9 Å². The SMILES string of the molecule is CCc1nn(C)cc1C(=O)NCC(O)c1ccccc1. The van der Waals surface area contributed by atoms with Crippen molar-refractivity contribution in [2.24, 2.45) is 7.05 Å². The Balaban J connectivity index is 1.98. The minimum Gasteiger partial charge on any atom is -0.387 e. The minimum atomic E-state index is -0.707. The van der Waals surface area contributed by atoms with Crippen LogP contribution < -0.4 is 5.32 Å². The molecule has 0 aliphatic carbocycles. The van der Waals surface area contributed by atoms with Crippen LogP contribution in [0.5, 0.6) is 0 Å². The molecule has 5 nitrogen and oxygen atoms in total. The Morgan fingerprint density at radius 2 is 2.10 bits per heavy atom. The van der Waals surface area contributed by atoms with E-state index < -0.39 is 6.10 Å². The summed E-state index contributed by atoms with van der Waals surface area (Å²) in [5.74, 6) is -0.204. The number of nitrogens with one attached hydrogen (secondary N) is 1. The quantitative estimate of drug-likeness (QED) is 0.866. The first-order valence-electron chi connectivity index (χ1n) is 6.65. The van der Waals surface area contributed by atoms with Gasteiger partial charge in [-0.05, 0) is 12.0 Å². The number of hydrogen-bond donors (Lipinski definition) is 2. The molecule has 2 N–H and O–H groups in total. The second kappa shape index (κ2) is 6.34. The van der Waals surface area contributed by atoms with Crippen LogP contribution in [-0.2, 0) is 13.5 Å². The monoisotopic (exact) mass is 273 g/mol. The van der Waals surface area contributed by atoms with Crippen LogP contribution in [0.1, 0.15) is 34.6 Å². The van der Waals surface area contributed by atoms with Gasteiger partial charge in [0.25, 0.3) is 5.91 Å². The number of rotatable bonds is 5. The number of nitrogens with zero attached hydrogens (tertiary/aromatic N) is 2. The normalized spacial score (nSPS) is 12.2. The molecule has 2 aromatic rings. The van der Waals surface area contributed by atoms with Gasteiger partial charge in [0.2, 0.25) is 0 Å². The third kappa shape index (κ3) is 3.24. The van der Waals surface area contributed by atoms with Crippen LogP contribution in [0.25, 0.3) is 0 Å². The lowest BCUT2D eigenvalue weighted by molar-refractivity contribution is 0.0915. The molecule has 0 aliphatic rings. The number of aryl methyl sites for hydroxylation is 2. The summed E-state index contributed by atoms with van der Waals surface area (Å²) in [6.45, 7) is 2.14. The lowest BCUT2D eigenvalue weighted by Crippen LogP contribution is -2.28. The molecule has 1 heterocycles. The Morgan fingerprint density at radius 1 is 1.40 bits per heavy atom. The summed E-state index contributed by atoms with van der Waals surface area (Å²) in [5.41, 5.74) is 2.11. The highest BCUT2D eigenvalue weighted by Crippen LogP contribution is 2.12. The summed E-state index contributed by atoms with van der Waals surface area (Å²) in [7, 11) is 1.79. The van der Waals surface area contributed by atoms with E-state index in [2.05, 4.69) is 10.4 Å². The number of hydrogen-bond acceptors (Lipinski definition) is 3. The highest BCUT2D eigenvalue weighted by Gasteiger charge is 2.15. The molecular formula is C15H19N3O2. The number of aliphatic hydroxyl groups is 1. The van der Waals surface area contributed by atoms with Crippen LogP contribution in [0, 0.1) is 0 Å². The van der Waals surface area contributed by atoms with Gasteiger partial charge in [-0.3, -0.25) is 9.48 Å². The van der Waals surface area contributed by atoms with E-state index in [-0.39, 0.29) is 12.5 Å². The molecule has 0 saturated carbocycles.